The summed E-state index contributed by atoms with van der Waals surface area (Å²) >= 11 is 0. The van der Waals surface area contributed by atoms with Crippen molar-refractivity contribution >= 4 is 11.8 Å². The van der Waals surface area contributed by atoms with Crippen LogP contribution in [-0.2, 0) is 16.0 Å². The van der Waals surface area contributed by atoms with Gasteiger partial charge in [0.25, 0.3) is 0 Å². The molecule has 0 saturated carbocycles. The van der Waals surface area contributed by atoms with Crippen molar-refractivity contribution in [3.05, 3.63) is 53.2 Å². The Balaban J connectivity index is 1.95. The highest BCUT2D eigenvalue weighted by molar-refractivity contribution is 5.87. The van der Waals surface area contributed by atoms with E-state index in [2.05, 4.69) is 4.98 Å². The number of ether oxygens (including phenoxy) is 1. The fourth-order valence-electron chi connectivity index (χ4n) is 2.68. The molecule has 0 radical (unpaired) electrons. The van der Waals surface area contributed by atoms with E-state index in [1.165, 1.54) is 6.92 Å². The van der Waals surface area contributed by atoms with Gasteiger partial charge in [-0.05, 0) is 30.2 Å². The van der Waals surface area contributed by atoms with Crippen LogP contribution in [0, 0.1) is 0 Å². The van der Waals surface area contributed by atoms with Crippen molar-refractivity contribution in [1.82, 2.24) is 4.98 Å². The first-order valence-corrected chi connectivity index (χ1v) is 7.01. The number of ketones is 1. The predicted molar refractivity (Wildman–Crippen MR) is 79.2 cm³/mol. The Morgan fingerprint density at radius 3 is 2.86 bits per heavy atom. The average Bonchev–Trinajstić information content (AvgIpc) is 2.49. The molecule has 22 heavy (non-hydrogen) atoms. The Hall–Kier alpha value is -2.69. The molecule has 112 valence electrons. The maximum absolute atomic E-state index is 11.7. The van der Waals surface area contributed by atoms with Gasteiger partial charge in [0.05, 0.1) is 12.3 Å². The first-order valence-electron chi connectivity index (χ1n) is 7.01. The molecule has 0 aliphatic carbocycles. The molecule has 0 fully saturated rings. The minimum absolute atomic E-state index is 0.152. The quantitative estimate of drug-likeness (QED) is 0.801. The van der Waals surface area contributed by atoms with Crippen LogP contribution in [0.1, 0.15) is 36.0 Å². The van der Waals surface area contributed by atoms with Crippen LogP contribution in [0.5, 0.6) is 11.6 Å². The predicted octanol–water partition coefficient (Wildman–Crippen LogP) is 2.93. The number of carbonyl (C=O) groups excluding carboxylic acids is 1. The molecule has 1 aliphatic rings. The number of nitrogens with zero attached hydrogens (tertiary/aromatic N) is 1. The third-order valence-electron chi connectivity index (χ3n) is 3.79. The van der Waals surface area contributed by atoms with Crippen molar-refractivity contribution in [2.75, 3.05) is 0 Å². The molecule has 2 aromatic rings. The van der Waals surface area contributed by atoms with Crippen LogP contribution in [0.25, 0.3) is 0 Å². The van der Waals surface area contributed by atoms with Gasteiger partial charge in [0.15, 0.2) is 0 Å². The first-order chi connectivity index (χ1) is 10.5. The van der Waals surface area contributed by atoms with Gasteiger partial charge in [-0.25, -0.2) is 4.98 Å². The maximum atomic E-state index is 11.7. The van der Waals surface area contributed by atoms with Crippen molar-refractivity contribution in [1.29, 1.82) is 0 Å². The minimum Gasteiger partial charge on any atom is -0.481 e. The second kappa shape index (κ2) is 5.60. The van der Waals surface area contributed by atoms with Crippen LogP contribution in [0.4, 0.5) is 0 Å². The number of hydrogen-bond acceptors (Lipinski definition) is 4. The van der Waals surface area contributed by atoms with Crippen LogP contribution < -0.4 is 4.74 Å². The highest BCUT2D eigenvalue weighted by Crippen LogP contribution is 2.36. The summed E-state index contributed by atoms with van der Waals surface area (Å²) in [6.45, 7) is 1.42. The van der Waals surface area contributed by atoms with Crippen LogP contribution in [0.3, 0.4) is 0 Å². The van der Waals surface area contributed by atoms with E-state index in [9.17, 15) is 9.59 Å². The molecular weight excluding hydrogens is 282 g/mol. The van der Waals surface area contributed by atoms with Gasteiger partial charge in [-0.3, -0.25) is 9.59 Å². The highest BCUT2D eigenvalue weighted by Gasteiger charge is 2.23. The number of benzene rings is 1. The van der Waals surface area contributed by atoms with E-state index >= 15 is 0 Å². The third-order valence-corrected chi connectivity index (χ3v) is 3.79. The zero-order chi connectivity index (χ0) is 15.7. The minimum atomic E-state index is -0.983. The van der Waals surface area contributed by atoms with E-state index in [0.717, 1.165) is 11.1 Å². The zero-order valence-corrected chi connectivity index (χ0v) is 12.1. The molecular formula is C17H15NO4. The number of aromatic nitrogens is 1. The number of carboxylic acids is 1. The van der Waals surface area contributed by atoms with E-state index in [-0.39, 0.29) is 12.2 Å². The monoisotopic (exact) mass is 297 g/mol. The van der Waals surface area contributed by atoms with E-state index in [1.54, 1.807) is 18.3 Å². The molecule has 1 unspecified atom stereocenters. The fourth-order valence-corrected chi connectivity index (χ4v) is 2.68. The van der Waals surface area contributed by atoms with Gasteiger partial charge in [0.1, 0.15) is 11.5 Å². The third kappa shape index (κ3) is 2.70. The molecule has 5 nitrogen and oxygen atoms in total. The van der Waals surface area contributed by atoms with Gasteiger partial charge in [-0.2, -0.15) is 0 Å². The Bertz CT molecular complexity index is 754. The van der Waals surface area contributed by atoms with E-state index in [4.69, 9.17) is 9.84 Å². The maximum Gasteiger partial charge on any atom is 0.304 e. The molecule has 2 heterocycles. The van der Waals surface area contributed by atoms with Gasteiger partial charge < -0.3 is 9.84 Å². The summed E-state index contributed by atoms with van der Waals surface area (Å²) in [5, 5.41) is 8.98. The summed E-state index contributed by atoms with van der Waals surface area (Å²) < 4.78 is 5.74. The lowest BCUT2D eigenvalue weighted by Crippen LogP contribution is -2.14. The van der Waals surface area contributed by atoms with Gasteiger partial charge in [0, 0.05) is 18.2 Å². The summed E-state index contributed by atoms with van der Waals surface area (Å²) in [5.74, 6) is -0.466. The van der Waals surface area contributed by atoms with Crippen LogP contribution >= 0.6 is 0 Å². The Labute approximate surface area is 127 Å². The summed E-state index contributed by atoms with van der Waals surface area (Å²) in [5.41, 5.74) is 2.63. The number of aliphatic carboxylic acids is 1. The molecule has 1 N–H and O–H groups in total. The molecule has 1 aromatic heterocycles. The van der Waals surface area contributed by atoms with Crippen LogP contribution in [0.2, 0.25) is 0 Å². The summed E-state index contributed by atoms with van der Waals surface area (Å²) in [7, 11) is 0. The van der Waals surface area contributed by atoms with Gasteiger partial charge in [-0.1, -0.05) is 18.2 Å². The van der Waals surface area contributed by atoms with Gasteiger partial charge >= 0.3 is 5.97 Å². The lowest BCUT2D eigenvalue weighted by atomic mass is 9.89. The lowest BCUT2D eigenvalue weighted by Gasteiger charge is -2.21. The van der Waals surface area contributed by atoms with Crippen LogP contribution in [-0.4, -0.2) is 21.8 Å². The standard InChI is InChI=1S/C17H15NO4/c1-10(19)14(9-16(20)21)11-4-5-15-13(7-11)8-12-3-2-6-18-17(12)22-15/h2-7,14H,8-9H2,1H3,(H,20,21). The second-order valence-corrected chi connectivity index (χ2v) is 5.37. The Kier molecular flexibility index (Phi) is 3.63. The molecule has 1 aromatic carbocycles. The summed E-state index contributed by atoms with van der Waals surface area (Å²) in [6.07, 6.45) is 2.13. The van der Waals surface area contributed by atoms with Crippen LogP contribution in [0.15, 0.2) is 36.5 Å². The fraction of sp³-hybridized carbons (Fsp3) is 0.235. The Morgan fingerprint density at radius 1 is 1.32 bits per heavy atom. The molecule has 5 heteroatoms. The largest absolute Gasteiger partial charge is 0.481 e. The van der Waals surface area contributed by atoms with Crippen molar-refractivity contribution in [3.63, 3.8) is 0 Å². The van der Waals surface area contributed by atoms with E-state index in [1.807, 2.05) is 18.2 Å². The molecule has 0 saturated heterocycles. The molecule has 0 bridgehead atoms. The van der Waals surface area contributed by atoms with Crippen molar-refractivity contribution in [3.8, 4) is 11.6 Å². The van der Waals surface area contributed by atoms with Gasteiger partial charge in [-0.15, -0.1) is 0 Å². The SMILES string of the molecule is CC(=O)C(CC(=O)O)c1ccc2c(c1)Cc1cccnc1O2. The molecule has 3 rings (SSSR count). The second-order valence-electron chi connectivity index (χ2n) is 5.37. The molecule has 1 aliphatic heterocycles. The van der Waals surface area contributed by atoms with Crippen molar-refractivity contribution in [2.24, 2.45) is 0 Å². The topological polar surface area (TPSA) is 76.5 Å². The van der Waals surface area contributed by atoms with E-state index < -0.39 is 11.9 Å². The molecule has 1 atom stereocenters. The summed E-state index contributed by atoms with van der Waals surface area (Å²) in [6, 6.07) is 9.18. The lowest BCUT2D eigenvalue weighted by molar-refractivity contribution is -0.139. The average molecular weight is 297 g/mol. The number of carboxylic acid groups (broad SMARTS) is 1. The number of hydrogen-bond donors (Lipinski definition) is 1. The van der Waals surface area contributed by atoms with Crippen molar-refractivity contribution in [2.45, 2.75) is 25.7 Å². The normalized spacial score (nSPS) is 13.5. The number of fused-ring (bicyclic) bond motifs is 2. The number of rotatable bonds is 4. The van der Waals surface area contributed by atoms with E-state index in [0.29, 0.717) is 23.6 Å². The number of pyridine rings is 1. The summed E-state index contributed by atoms with van der Waals surface area (Å²) in [4.78, 5) is 26.9. The Morgan fingerprint density at radius 2 is 2.14 bits per heavy atom. The van der Waals surface area contributed by atoms with Gasteiger partial charge in [0.2, 0.25) is 5.88 Å². The van der Waals surface area contributed by atoms with Crippen molar-refractivity contribution < 1.29 is 19.4 Å². The first kappa shape index (κ1) is 14.3. The number of Topliss-reactive ketones (excluding diaryl/α,β-unsaturated/α-hetero) is 1. The number of carbonyl (C=O) groups is 2. The zero-order valence-electron chi connectivity index (χ0n) is 12.1. The molecule has 0 amide bonds. The smallest absolute Gasteiger partial charge is 0.304 e. The highest BCUT2D eigenvalue weighted by atomic mass is 16.5. The molecule has 0 spiro atoms.